The van der Waals surface area contributed by atoms with Crippen LogP contribution >= 0.6 is 0 Å². The van der Waals surface area contributed by atoms with Gasteiger partial charge in [-0.25, -0.2) is 9.67 Å². The Bertz CT molecular complexity index is 1430. The van der Waals surface area contributed by atoms with Gasteiger partial charge in [0.25, 0.3) is 0 Å². The Balaban J connectivity index is 1.24. The van der Waals surface area contributed by atoms with E-state index in [-0.39, 0.29) is 0 Å². The molecule has 3 heterocycles. The summed E-state index contributed by atoms with van der Waals surface area (Å²) >= 11 is 0. The first kappa shape index (κ1) is 22.5. The van der Waals surface area contributed by atoms with Crippen LogP contribution in [0.4, 0.5) is 17.3 Å². The number of aryl methyl sites for hydroxylation is 1. The SMILES string of the molecule is CCN1CCc2nc(-c3ccc(-c4nc(Nc5ccc(N)c(C=N)c5C5CC5)n(C)n4)cc3)[nH]c2C1. The number of H-pyrrole nitrogens is 1. The summed E-state index contributed by atoms with van der Waals surface area (Å²) < 4.78 is 1.75. The second-order valence-corrected chi connectivity index (χ2v) is 9.66. The van der Waals surface area contributed by atoms with Crippen LogP contribution in [0, 0.1) is 5.41 Å². The maximum Gasteiger partial charge on any atom is 0.225 e. The molecule has 6 rings (SSSR count). The van der Waals surface area contributed by atoms with Gasteiger partial charge in [-0.3, -0.25) is 4.90 Å². The normalized spacial score (nSPS) is 15.6. The average molecular weight is 482 g/mol. The standard InChI is InChI=1S/C27H31N9/c1-3-36-13-12-21-23(15-36)31-25(30-21)17-6-8-18(9-7-17)26-33-27(35(2)34-26)32-22-11-10-20(29)19(14-28)24(22)16-4-5-16/h6-11,14,16,28H,3-5,12-13,15,29H2,1-2H3,(H,30,31)(H,32,33,34). The van der Waals surface area contributed by atoms with E-state index in [1.807, 2.05) is 31.3 Å². The van der Waals surface area contributed by atoms with Crippen molar-refractivity contribution >= 4 is 23.5 Å². The lowest BCUT2D eigenvalue weighted by Gasteiger charge is -2.23. The monoisotopic (exact) mass is 481 g/mol. The summed E-state index contributed by atoms with van der Waals surface area (Å²) in [7, 11) is 1.88. The number of nitrogens with one attached hydrogen (secondary N) is 3. The molecular weight excluding hydrogens is 450 g/mol. The van der Waals surface area contributed by atoms with Gasteiger partial charge >= 0.3 is 0 Å². The zero-order valence-corrected chi connectivity index (χ0v) is 20.7. The van der Waals surface area contributed by atoms with Gasteiger partial charge < -0.3 is 21.4 Å². The van der Waals surface area contributed by atoms with Crippen molar-refractivity contribution < 1.29 is 0 Å². The molecule has 2 aliphatic rings. The maximum atomic E-state index is 7.84. The third-order valence-electron chi connectivity index (χ3n) is 7.24. The second kappa shape index (κ2) is 8.91. The molecule has 184 valence electrons. The summed E-state index contributed by atoms with van der Waals surface area (Å²) in [5.41, 5.74) is 14.0. The molecule has 0 saturated heterocycles. The molecule has 0 bridgehead atoms. The van der Waals surface area contributed by atoms with Gasteiger partial charge in [0.05, 0.1) is 11.4 Å². The molecule has 2 aromatic carbocycles. The van der Waals surface area contributed by atoms with Gasteiger partial charge in [-0.2, -0.15) is 4.98 Å². The number of hydrogen-bond acceptors (Lipinski definition) is 7. The number of rotatable bonds is 7. The molecule has 9 nitrogen and oxygen atoms in total. The number of hydrogen-bond donors (Lipinski definition) is 4. The van der Waals surface area contributed by atoms with Gasteiger partial charge in [0.1, 0.15) is 5.82 Å². The van der Waals surface area contributed by atoms with Crippen LogP contribution in [0.25, 0.3) is 22.8 Å². The predicted molar refractivity (Wildman–Crippen MR) is 143 cm³/mol. The van der Waals surface area contributed by atoms with E-state index in [1.165, 1.54) is 17.6 Å². The molecule has 0 amide bonds. The Morgan fingerprint density at radius 2 is 1.92 bits per heavy atom. The van der Waals surface area contributed by atoms with E-state index in [2.05, 4.69) is 39.4 Å². The predicted octanol–water partition coefficient (Wildman–Crippen LogP) is 4.45. The molecule has 2 aromatic heterocycles. The highest BCUT2D eigenvalue weighted by Gasteiger charge is 2.30. The maximum absolute atomic E-state index is 7.84. The van der Waals surface area contributed by atoms with Crippen molar-refractivity contribution in [3.05, 3.63) is 58.9 Å². The first-order valence-electron chi connectivity index (χ1n) is 12.6. The van der Waals surface area contributed by atoms with Crippen molar-refractivity contribution in [3.8, 4) is 22.8 Å². The number of nitrogens with zero attached hydrogens (tertiary/aromatic N) is 5. The number of benzene rings is 2. The summed E-state index contributed by atoms with van der Waals surface area (Å²) in [5.74, 6) is 2.65. The zero-order chi connectivity index (χ0) is 24.8. The van der Waals surface area contributed by atoms with Crippen LogP contribution in [0.5, 0.6) is 0 Å². The molecule has 5 N–H and O–H groups in total. The Morgan fingerprint density at radius 1 is 1.14 bits per heavy atom. The molecule has 0 unspecified atom stereocenters. The highest BCUT2D eigenvalue weighted by Crippen LogP contribution is 2.46. The lowest BCUT2D eigenvalue weighted by molar-refractivity contribution is 0.264. The van der Waals surface area contributed by atoms with E-state index in [9.17, 15) is 0 Å². The molecule has 0 atom stereocenters. The Hall–Kier alpha value is -3.98. The highest BCUT2D eigenvalue weighted by molar-refractivity contribution is 5.91. The number of anilines is 3. The first-order valence-corrected chi connectivity index (χ1v) is 12.6. The molecule has 1 fully saturated rings. The third-order valence-corrected chi connectivity index (χ3v) is 7.24. The molecule has 1 saturated carbocycles. The number of nitrogens with two attached hydrogens (primary N) is 1. The number of likely N-dealkylation sites (N-methyl/N-ethyl adjacent to an activating group) is 1. The Kier molecular flexibility index (Phi) is 5.56. The number of fused-ring (bicyclic) bond motifs is 1. The van der Waals surface area contributed by atoms with Crippen molar-refractivity contribution in [2.75, 3.05) is 24.1 Å². The van der Waals surface area contributed by atoms with E-state index in [4.69, 9.17) is 21.1 Å². The fourth-order valence-corrected chi connectivity index (χ4v) is 5.00. The van der Waals surface area contributed by atoms with Crippen LogP contribution < -0.4 is 11.1 Å². The number of aromatic nitrogens is 5. The summed E-state index contributed by atoms with van der Waals surface area (Å²) in [4.78, 5) is 15.6. The number of aromatic amines is 1. The molecule has 9 heteroatoms. The fraction of sp³-hybridized carbons (Fsp3) is 0.333. The number of nitrogen functional groups attached to an aromatic ring is 1. The zero-order valence-electron chi connectivity index (χ0n) is 20.7. The van der Waals surface area contributed by atoms with Crippen molar-refractivity contribution in [2.24, 2.45) is 7.05 Å². The Labute approximate surface area is 210 Å². The quantitative estimate of drug-likeness (QED) is 0.228. The van der Waals surface area contributed by atoms with Crippen LogP contribution in [-0.4, -0.2) is 48.9 Å². The van der Waals surface area contributed by atoms with Gasteiger partial charge in [0.15, 0.2) is 5.82 Å². The fourth-order valence-electron chi connectivity index (χ4n) is 5.00. The molecule has 1 aliphatic carbocycles. The lowest BCUT2D eigenvalue weighted by atomic mass is 10.00. The van der Waals surface area contributed by atoms with Gasteiger partial charge in [-0.05, 0) is 43.0 Å². The highest BCUT2D eigenvalue weighted by atomic mass is 15.4. The van der Waals surface area contributed by atoms with Gasteiger partial charge in [0.2, 0.25) is 5.95 Å². The summed E-state index contributed by atoms with van der Waals surface area (Å²) in [5, 5.41) is 15.9. The van der Waals surface area contributed by atoms with Crippen molar-refractivity contribution in [3.63, 3.8) is 0 Å². The van der Waals surface area contributed by atoms with Crippen molar-refractivity contribution in [1.82, 2.24) is 29.6 Å². The van der Waals surface area contributed by atoms with Crippen LogP contribution in [0.2, 0.25) is 0 Å². The minimum Gasteiger partial charge on any atom is -0.398 e. The molecule has 0 radical (unpaired) electrons. The van der Waals surface area contributed by atoms with E-state index in [0.29, 0.717) is 23.4 Å². The molecule has 0 spiro atoms. The van der Waals surface area contributed by atoms with E-state index in [1.54, 1.807) is 4.68 Å². The van der Waals surface area contributed by atoms with E-state index < -0.39 is 0 Å². The largest absolute Gasteiger partial charge is 0.398 e. The van der Waals surface area contributed by atoms with Gasteiger partial charge in [-0.1, -0.05) is 31.2 Å². The molecular formula is C27H31N9. The van der Waals surface area contributed by atoms with Crippen LogP contribution in [0.3, 0.4) is 0 Å². The van der Waals surface area contributed by atoms with E-state index in [0.717, 1.165) is 72.7 Å². The van der Waals surface area contributed by atoms with Gasteiger partial charge in [-0.15, -0.1) is 5.10 Å². The lowest BCUT2D eigenvalue weighted by Crippen LogP contribution is -2.30. The van der Waals surface area contributed by atoms with Crippen molar-refractivity contribution in [2.45, 2.75) is 38.6 Å². The minimum atomic E-state index is 0.435. The smallest absolute Gasteiger partial charge is 0.225 e. The Morgan fingerprint density at radius 3 is 2.64 bits per heavy atom. The topological polar surface area (TPSA) is 125 Å². The van der Waals surface area contributed by atoms with Crippen LogP contribution in [-0.2, 0) is 20.0 Å². The van der Waals surface area contributed by atoms with Crippen molar-refractivity contribution in [1.29, 1.82) is 5.41 Å². The second-order valence-electron chi connectivity index (χ2n) is 9.66. The van der Waals surface area contributed by atoms with Crippen LogP contribution in [0.1, 0.15) is 48.2 Å². The summed E-state index contributed by atoms with van der Waals surface area (Å²) in [6, 6.07) is 12.0. The molecule has 36 heavy (non-hydrogen) atoms. The number of imidazole rings is 1. The van der Waals surface area contributed by atoms with E-state index >= 15 is 0 Å². The summed E-state index contributed by atoms with van der Waals surface area (Å²) in [6.45, 7) is 5.25. The molecule has 4 aromatic rings. The van der Waals surface area contributed by atoms with Crippen LogP contribution in [0.15, 0.2) is 36.4 Å². The van der Waals surface area contributed by atoms with Gasteiger partial charge in [0, 0.05) is 60.8 Å². The molecule has 1 aliphatic heterocycles. The average Bonchev–Trinajstić information content (AvgIpc) is 3.54. The summed E-state index contributed by atoms with van der Waals surface area (Å²) in [6.07, 6.45) is 4.58. The first-order chi connectivity index (χ1) is 17.5. The third kappa shape index (κ3) is 4.05. The minimum absolute atomic E-state index is 0.435.